The Morgan fingerprint density at radius 1 is 1.24 bits per heavy atom. The third-order valence-corrected chi connectivity index (χ3v) is 7.43. The fraction of sp³-hybridized carbons (Fsp3) is 0.300. The molecule has 4 rings (SSSR count). The standard InChI is InChI=1S/C20H19FN2O4S2/c1-13-5-7-15(8-6-13)29(25,26)10-9-18(24)23-11-14(12-23)27-20-22-19-16(21)3-2-4-17(19)28-20/h2-8,14H,9-12H2,1H3. The predicted octanol–water partition coefficient (Wildman–Crippen LogP) is 3.20. The van der Waals surface area contributed by atoms with Gasteiger partial charge in [0, 0.05) is 6.42 Å². The number of amides is 1. The number of thiazole rings is 1. The van der Waals surface area contributed by atoms with Gasteiger partial charge in [-0.3, -0.25) is 4.79 Å². The Kier molecular flexibility index (Phi) is 5.26. The number of fused-ring (bicyclic) bond motifs is 1. The van der Waals surface area contributed by atoms with Crippen LogP contribution in [-0.2, 0) is 14.6 Å². The molecular weight excluding hydrogens is 415 g/mol. The maximum atomic E-state index is 13.7. The maximum Gasteiger partial charge on any atom is 0.274 e. The smallest absolute Gasteiger partial charge is 0.274 e. The average Bonchev–Trinajstić information content (AvgIpc) is 3.07. The normalized spacial score (nSPS) is 14.8. The van der Waals surface area contributed by atoms with Crippen molar-refractivity contribution in [3.63, 3.8) is 0 Å². The van der Waals surface area contributed by atoms with E-state index in [0.717, 1.165) is 5.56 Å². The van der Waals surface area contributed by atoms with Crippen LogP contribution in [-0.4, -0.2) is 49.2 Å². The van der Waals surface area contributed by atoms with Crippen LogP contribution in [0.5, 0.6) is 5.19 Å². The fourth-order valence-corrected chi connectivity index (χ4v) is 5.17. The van der Waals surface area contributed by atoms with Crippen LogP contribution < -0.4 is 4.74 Å². The zero-order valence-electron chi connectivity index (χ0n) is 15.7. The molecule has 1 saturated heterocycles. The van der Waals surface area contributed by atoms with Gasteiger partial charge < -0.3 is 9.64 Å². The summed E-state index contributed by atoms with van der Waals surface area (Å²) >= 11 is 1.25. The lowest BCUT2D eigenvalue weighted by Gasteiger charge is -2.38. The number of halogens is 1. The molecule has 1 aromatic heterocycles. The van der Waals surface area contributed by atoms with Crippen molar-refractivity contribution in [2.24, 2.45) is 0 Å². The van der Waals surface area contributed by atoms with Gasteiger partial charge in [-0.25, -0.2) is 12.8 Å². The van der Waals surface area contributed by atoms with E-state index in [-0.39, 0.29) is 34.6 Å². The summed E-state index contributed by atoms with van der Waals surface area (Å²) in [6.45, 7) is 2.61. The van der Waals surface area contributed by atoms with E-state index in [4.69, 9.17) is 4.74 Å². The Morgan fingerprint density at radius 3 is 2.66 bits per heavy atom. The van der Waals surface area contributed by atoms with Gasteiger partial charge in [0.1, 0.15) is 17.4 Å². The molecule has 0 aliphatic carbocycles. The minimum atomic E-state index is -3.49. The molecule has 152 valence electrons. The zero-order valence-corrected chi connectivity index (χ0v) is 17.3. The highest BCUT2D eigenvalue weighted by molar-refractivity contribution is 7.91. The first-order valence-electron chi connectivity index (χ1n) is 9.11. The van der Waals surface area contributed by atoms with Crippen molar-refractivity contribution in [1.82, 2.24) is 9.88 Å². The first-order valence-corrected chi connectivity index (χ1v) is 11.6. The summed E-state index contributed by atoms with van der Waals surface area (Å²) in [6.07, 6.45) is -0.300. The molecule has 1 aliphatic rings. The molecule has 0 unspecified atom stereocenters. The van der Waals surface area contributed by atoms with Crippen LogP contribution in [0.2, 0.25) is 0 Å². The number of rotatable bonds is 6. The minimum absolute atomic E-state index is 0.0741. The molecule has 0 radical (unpaired) electrons. The van der Waals surface area contributed by atoms with Gasteiger partial charge >= 0.3 is 0 Å². The third kappa shape index (κ3) is 4.25. The summed E-state index contributed by atoms with van der Waals surface area (Å²) in [5.74, 6) is -0.849. The first-order chi connectivity index (χ1) is 13.8. The van der Waals surface area contributed by atoms with Crippen LogP contribution in [0.4, 0.5) is 4.39 Å². The fourth-order valence-electron chi connectivity index (χ4n) is 3.05. The third-order valence-electron chi connectivity index (χ3n) is 4.78. The van der Waals surface area contributed by atoms with Crippen LogP contribution in [0.25, 0.3) is 10.2 Å². The average molecular weight is 435 g/mol. The van der Waals surface area contributed by atoms with E-state index in [0.29, 0.717) is 23.0 Å². The van der Waals surface area contributed by atoms with Crippen LogP contribution >= 0.6 is 11.3 Å². The molecule has 9 heteroatoms. The molecule has 0 atom stereocenters. The van der Waals surface area contributed by atoms with E-state index < -0.39 is 15.7 Å². The van der Waals surface area contributed by atoms with Gasteiger partial charge in [-0.1, -0.05) is 35.1 Å². The van der Waals surface area contributed by atoms with Crippen molar-refractivity contribution in [2.75, 3.05) is 18.8 Å². The molecule has 1 fully saturated rings. The van der Waals surface area contributed by atoms with Gasteiger partial charge in [-0.05, 0) is 31.2 Å². The summed E-state index contributed by atoms with van der Waals surface area (Å²) in [5, 5.41) is 0.365. The largest absolute Gasteiger partial charge is 0.463 e. The molecule has 29 heavy (non-hydrogen) atoms. The molecule has 3 aromatic rings. The van der Waals surface area contributed by atoms with Gasteiger partial charge in [0.25, 0.3) is 5.19 Å². The molecule has 0 saturated carbocycles. The Balaban J connectivity index is 1.28. The SMILES string of the molecule is Cc1ccc(S(=O)(=O)CCC(=O)N2CC(Oc3nc4c(F)cccc4s3)C2)cc1. The molecule has 2 aromatic carbocycles. The number of para-hydroxylation sites is 1. The predicted molar refractivity (Wildman–Crippen MR) is 108 cm³/mol. The quantitative estimate of drug-likeness (QED) is 0.596. The monoisotopic (exact) mass is 434 g/mol. The highest BCUT2D eigenvalue weighted by Crippen LogP contribution is 2.31. The van der Waals surface area contributed by atoms with E-state index in [2.05, 4.69) is 4.98 Å². The number of carbonyl (C=O) groups excluding carboxylic acids is 1. The van der Waals surface area contributed by atoms with Gasteiger partial charge in [-0.15, -0.1) is 0 Å². The van der Waals surface area contributed by atoms with Crippen molar-refractivity contribution in [3.05, 3.63) is 53.8 Å². The second-order valence-corrected chi connectivity index (χ2v) is 10.1. The lowest BCUT2D eigenvalue weighted by atomic mass is 10.1. The number of nitrogens with zero attached hydrogens (tertiary/aromatic N) is 2. The Morgan fingerprint density at radius 2 is 1.97 bits per heavy atom. The number of likely N-dealkylation sites (tertiary alicyclic amines) is 1. The van der Waals surface area contributed by atoms with Gasteiger partial charge in [0.05, 0.1) is 28.4 Å². The number of aromatic nitrogens is 1. The van der Waals surface area contributed by atoms with Crippen LogP contribution in [0, 0.1) is 12.7 Å². The molecule has 1 aliphatic heterocycles. The summed E-state index contributed by atoms with van der Waals surface area (Å²) in [7, 11) is -3.49. The lowest BCUT2D eigenvalue weighted by Crippen LogP contribution is -2.56. The highest BCUT2D eigenvalue weighted by Gasteiger charge is 2.33. The number of carbonyl (C=O) groups is 1. The summed E-state index contributed by atoms with van der Waals surface area (Å²) in [4.78, 5) is 18.2. The molecule has 0 bridgehead atoms. The van der Waals surface area contributed by atoms with Crippen molar-refractivity contribution < 1.29 is 22.3 Å². The summed E-state index contributed by atoms with van der Waals surface area (Å²) in [6, 6.07) is 11.3. The number of sulfone groups is 1. The second kappa shape index (κ2) is 7.72. The summed E-state index contributed by atoms with van der Waals surface area (Å²) < 4.78 is 44.9. The molecular formula is C20H19FN2O4S2. The number of aryl methyl sites for hydroxylation is 1. The molecule has 0 spiro atoms. The lowest BCUT2D eigenvalue weighted by molar-refractivity contribution is -0.139. The van der Waals surface area contributed by atoms with Gasteiger partial charge in [0.2, 0.25) is 5.91 Å². The van der Waals surface area contributed by atoms with E-state index >= 15 is 0 Å². The topological polar surface area (TPSA) is 76.6 Å². The van der Waals surface area contributed by atoms with Crippen molar-refractivity contribution >= 4 is 37.3 Å². The van der Waals surface area contributed by atoms with Crippen LogP contribution in [0.1, 0.15) is 12.0 Å². The minimum Gasteiger partial charge on any atom is -0.463 e. The zero-order chi connectivity index (χ0) is 20.6. The van der Waals surface area contributed by atoms with E-state index in [9.17, 15) is 17.6 Å². The molecule has 6 nitrogen and oxygen atoms in total. The van der Waals surface area contributed by atoms with Crippen molar-refractivity contribution in [3.8, 4) is 5.19 Å². The van der Waals surface area contributed by atoms with E-state index in [1.54, 1.807) is 41.3 Å². The highest BCUT2D eigenvalue weighted by atomic mass is 32.2. The first kappa shape index (κ1) is 19.8. The molecule has 2 heterocycles. The maximum absolute atomic E-state index is 13.7. The van der Waals surface area contributed by atoms with Crippen LogP contribution in [0.15, 0.2) is 47.4 Å². The van der Waals surface area contributed by atoms with Crippen molar-refractivity contribution in [2.45, 2.75) is 24.3 Å². The van der Waals surface area contributed by atoms with Crippen LogP contribution in [0.3, 0.4) is 0 Å². The van der Waals surface area contributed by atoms with Crippen molar-refractivity contribution in [1.29, 1.82) is 0 Å². The Labute approximate surface area is 171 Å². The van der Waals surface area contributed by atoms with Gasteiger partial charge in [0.15, 0.2) is 9.84 Å². The summed E-state index contributed by atoms with van der Waals surface area (Å²) in [5.41, 5.74) is 1.25. The second-order valence-electron chi connectivity index (χ2n) is 6.99. The Hall–Kier alpha value is -2.52. The van der Waals surface area contributed by atoms with E-state index in [1.807, 2.05) is 6.92 Å². The molecule has 0 N–H and O–H groups in total. The van der Waals surface area contributed by atoms with E-state index in [1.165, 1.54) is 17.4 Å². The number of benzene rings is 2. The number of hydrogen-bond donors (Lipinski definition) is 0. The molecule has 1 amide bonds. The van der Waals surface area contributed by atoms with Gasteiger partial charge in [-0.2, -0.15) is 4.98 Å². The number of ether oxygens (including phenoxy) is 1. The number of hydrogen-bond acceptors (Lipinski definition) is 6. The Bertz CT molecular complexity index is 1150.